The number of aromatic nitrogens is 1. The molecule has 0 saturated carbocycles. The van der Waals surface area contributed by atoms with Crippen molar-refractivity contribution in [1.29, 1.82) is 0 Å². The number of benzene rings is 2. The van der Waals surface area contributed by atoms with Crippen LogP contribution in [0.2, 0.25) is 0 Å². The van der Waals surface area contributed by atoms with Crippen LogP contribution in [0, 0.1) is 13.8 Å². The highest BCUT2D eigenvalue weighted by atomic mass is 16.5. The minimum Gasteiger partial charge on any atom is -0.494 e. The Morgan fingerprint density at radius 3 is 2.31 bits per heavy atom. The molecule has 0 fully saturated rings. The number of ether oxygens (including phenoxy) is 1. The highest BCUT2D eigenvalue weighted by Crippen LogP contribution is 2.25. The van der Waals surface area contributed by atoms with Crippen LogP contribution in [-0.4, -0.2) is 23.4 Å². The van der Waals surface area contributed by atoms with Gasteiger partial charge in [-0.3, -0.25) is 0 Å². The molecule has 3 aromatic rings. The molecule has 6 nitrogen and oxygen atoms in total. The van der Waals surface area contributed by atoms with Gasteiger partial charge in [0.2, 0.25) is 0 Å². The van der Waals surface area contributed by atoms with Gasteiger partial charge < -0.3 is 14.6 Å². The van der Waals surface area contributed by atoms with Crippen LogP contribution in [0.1, 0.15) is 50.2 Å². The highest BCUT2D eigenvalue weighted by Gasteiger charge is 2.14. The van der Waals surface area contributed by atoms with Gasteiger partial charge in [-0.1, -0.05) is 32.9 Å². The fraction of sp³-hybridized carbons (Fsp3) is 0.308. The zero-order valence-electron chi connectivity index (χ0n) is 19.7. The number of carbonyl (C=O) groups excluding carboxylic acids is 1. The molecule has 3 rings (SSSR count). The van der Waals surface area contributed by atoms with E-state index in [4.69, 9.17) is 4.74 Å². The van der Waals surface area contributed by atoms with Crippen molar-refractivity contribution < 1.29 is 9.53 Å². The maximum atomic E-state index is 12.1. The predicted molar refractivity (Wildman–Crippen MR) is 131 cm³/mol. The van der Waals surface area contributed by atoms with Crippen molar-refractivity contribution >= 4 is 17.9 Å². The molecule has 0 saturated heterocycles. The first kappa shape index (κ1) is 23.1. The van der Waals surface area contributed by atoms with Crippen LogP contribution in [0.3, 0.4) is 0 Å². The average Bonchev–Trinajstić information content (AvgIpc) is 3.02. The zero-order valence-corrected chi connectivity index (χ0v) is 19.7. The Morgan fingerprint density at radius 1 is 1.06 bits per heavy atom. The molecule has 0 spiro atoms. The Balaban J connectivity index is 1.66. The van der Waals surface area contributed by atoms with E-state index in [0.717, 1.165) is 28.4 Å². The van der Waals surface area contributed by atoms with E-state index >= 15 is 0 Å². The van der Waals surface area contributed by atoms with Crippen LogP contribution in [0.15, 0.2) is 59.7 Å². The fourth-order valence-corrected chi connectivity index (χ4v) is 3.55. The second kappa shape index (κ2) is 9.73. The third-order valence-electron chi connectivity index (χ3n) is 5.25. The van der Waals surface area contributed by atoms with E-state index in [1.807, 2.05) is 26.0 Å². The number of hydrazone groups is 1. The zero-order chi connectivity index (χ0) is 23.3. The largest absolute Gasteiger partial charge is 0.494 e. The summed E-state index contributed by atoms with van der Waals surface area (Å²) >= 11 is 0. The number of rotatable bonds is 6. The van der Waals surface area contributed by atoms with Crippen molar-refractivity contribution in [2.45, 2.75) is 47.0 Å². The van der Waals surface area contributed by atoms with E-state index in [1.54, 1.807) is 18.3 Å². The molecular formula is C26H32N4O2. The summed E-state index contributed by atoms with van der Waals surface area (Å²) in [6, 6.07) is 17.5. The van der Waals surface area contributed by atoms with Gasteiger partial charge in [-0.25, -0.2) is 10.2 Å². The molecule has 0 aliphatic rings. The standard InChI is InChI=1S/C26H32N4O2/c1-7-32-24-14-10-22(11-15-24)28-25(31)29-27-17-20-16-18(2)30(19(20)3)23-12-8-21(9-13-23)26(4,5)6/h8-17H,7H2,1-6H3,(H2,28,29,31)/b27-17+. The molecule has 0 atom stereocenters. The van der Waals surface area contributed by atoms with Gasteiger partial charge in [0.1, 0.15) is 5.75 Å². The number of carbonyl (C=O) groups is 1. The Labute approximate surface area is 190 Å². The minimum atomic E-state index is -0.406. The lowest BCUT2D eigenvalue weighted by atomic mass is 9.87. The smallest absolute Gasteiger partial charge is 0.339 e. The second-order valence-electron chi connectivity index (χ2n) is 8.74. The molecule has 0 aliphatic carbocycles. The van der Waals surface area contributed by atoms with E-state index in [2.05, 4.69) is 78.4 Å². The van der Waals surface area contributed by atoms with Gasteiger partial charge in [-0.15, -0.1) is 0 Å². The monoisotopic (exact) mass is 432 g/mol. The van der Waals surface area contributed by atoms with Gasteiger partial charge in [-0.2, -0.15) is 5.10 Å². The third-order valence-corrected chi connectivity index (χ3v) is 5.25. The van der Waals surface area contributed by atoms with Crippen molar-refractivity contribution in [2.75, 3.05) is 11.9 Å². The Bertz CT molecular complexity index is 1090. The van der Waals surface area contributed by atoms with Gasteiger partial charge >= 0.3 is 6.03 Å². The molecule has 2 aromatic carbocycles. The SMILES string of the molecule is CCOc1ccc(NC(=O)N/N=C/c2cc(C)n(-c3ccc(C(C)(C)C)cc3)c2C)cc1. The molecular weight excluding hydrogens is 400 g/mol. The van der Waals surface area contributed by atoms with E-state index in [0.29, 0.717) is 12.3 Å². The summed E-state index contributed by atoms with van der Waals surface area (Å²) < 4.78 is 7.59. The molecule has 168 valence electrons. The van der Waals surface area contributed by atoms with Gasteiger partial charge in [0.25, 0.3) is 0 Å². The molecule has 0 unspecified atom stereocenters. The normalized spacial score (nSPS) is 11.6. The first-order chi connectivity index (χ1) is 15.2. The quantitative estimate of drug-likeness (QED) is 0.373. The van der Waals surface area contributed by atoms with Crippen LogP contribution in [0.25, 0.3) is 5.69 Å². The molecule has 2 amide bonds. The van der Waals surface area contributed by atoms with Crippen LogP contribution >= 0.6 is 0 Å². The first-order valence-electron chi connectivity index (χ1n) is 10.8. The van der Waals surface area contributed by atoms with Gasteiger partial charge in [0, 0.05) is 28.3 Å². The molecule has 6 heteroatoms. The van der Waals surface area contributed by atoms with Crippen molar-refractivity contribution in [3.63, 3.8) is 0 Å². The van der Waals surface area contributed by atoms with E-state index in [9.17, 15) is 4.79 Å². The molecule has 0 bridgehead atoms. The summed E-state index contributed by atoms with van der Waals surface area (Å²) in [6.07, 6.45) is 1.67. The average molecular weight is 433 g/mol. The van der Waals surface area contributed by atoms with Crippen molar-refractivity contribution in [3.8, 4) is 11.4 Å². The summed E-state index contributed by atoms with van der Waals surface area (Å²) in [5.41, 5.74) is 8.82. The molecule has 2 N–H and O–H groups in total. The summed E-state index contributed by atoms with van der Waals surface area (Å²) in [7, 11) is 0. The number of nitrogens with one attached hydrogen (secondary N) is 2. The van der Waals surface area contributed by atoms with Gasteiger partial charge in [-0.05, 0) is 74.2 Å². The number of anilines is 1. The van der Waals surface area contributed by atoms with Crippen molar-refractivity contribution in [1.82, 2.24) is 9.99 Å². The van der Waals surface area contributed by atoms with Crippen molar-refractivity contribution in [2.24, 2.45) is 5.10 Å². The van der Waals surface area contributed by atoms with Crippen LogP contribution in [0.5, 0.6) is 5.75 Å². The van der Waals surface area contributed by atoms with E-state index < -0.39 is 6.03 Å². The summed E-state index contributed by atoms with van der Waals surface area (Å²) in [5, 5.41) is 6.86. The summed E-state index contributed by atoms with van der Waals surface area (Å²) in [5.74, 6) is 0.764. The summed E-state index contributed by atoms with van der Waals surface area (Å²) in [4.78, 5) is 12.1. The predicted octanol–water partition coefficient (Wildman–Crippen LogP) is 5.95. The van der Waals surface area contributed by atoms with Gasteiger partial charge in [0.05, 0.1) is 12.8 Å². The number of hydrogen-bond acceptors (Lipinski definition) is 3. The molecule has 0 aliphatic heterocycles. The lowest BCUT2D eigenvalue weighted by Crippen LogP contribution is -2.24. The molecule has 32 heavy (non-hydrogen) atoms. The first-order valence-corrected chi connectivity index (χ1v) is 10.8. The summed E-state index contributed by atoms with van der Waals surface area (Å²) in [6.45, 7) is 13.3. The fourth-order valence-electron chi connectivity index (χ4n) is 3.55. The number of hydrogen-bond donors (Lipinski definition) is 2. The lowest BCUT2D eigenvalue weighted by molar-refractivity contribution is 0.252. The van der Waals surface area contributed by atoms with Crippen LogP contribution in [0.4, 0.5) is 10.5 Å². The molecule has 1 heterocycles. The molecule has 1 aromatic heterocycles. The van der Waals surface area contributed by atoms with Crippen LogP contribution < -0.4 is 15.5 Å². The van der Waals surface area contributed by atoms with Crippen LogP contribution in [-0.2, 0) is 5.41 Å². The number of amides is 2. The number of aryl methyl sites for hydroxylation is 1. The maximum absolute atomic E-state index is 12.1. The lowest BCUT2D eigenvalue weighted by Gasteiger charge is -2.20. The van der Waals surface area contributed by atoms with Crippen molar-refractivity contribution in [3.05, 3.63) is 77.1 Å². The minimum absolute atomic E-state index is 0.120. The van der Waals surface area contributed by atoms with Gasteiger partial charge in [0.15, 0.2) is 0 Å². The Morgan fingerprint density at radius 2 is 1.72 bits per heavy atom. The van der Waals surface area contributed by atoms with E-state index in [-0.39, 0.29) is 5.41 Å². The second-order valence-corrected chi connectivity index (χ2v) is 8.74. The molecule has 0 radical (unpaired) electrons. The Hall–Kier alpha value is -3.54. The third kappa shape index (κ3) is 5.58. The topological polar surface area (TPSA) is 67.7 Å². The Kier molecular flexibility index (Phi) is 7.03. The number of nitrogens with zero attached hydrogens (tertiary/aromatic N) is 2. The van der Waals surface area contributed by atoms with E-state index in [1.165, 1.54) is 5.56 Å². The number of urea groups is 1. The maximum Gasteiger partial charge on any atom is 0.339 e. The highest BCUT2D eigenvalue weighted by molar-refractivity contribution is 5.90.